The first kappa shape index (κ1) is 14.6. The van der Waals surface area contributed by atoms with E-state index in [0.717, 1.165) is 9.50 Å². The zero-order valence-corrected chi connectivity index (χ0v) is 14.9. The molecule has 0 amide bonds. The topological polar surface area (TPSA) is 0 Å². The molecule has 1 atom stereocenters. The second-order valence-corrected chi connectivity index (χ2v) is 7.45. The molecule has 2 aromatic carbocycles. The monoisotopic (exact) mass is 412 g/mol. The SMILES string of the molecule is Clc1cc(C(Br)c2ccc3c(c2)CCCC3)ccc1Br. The third-order valence-corrected chi connectivity index (χ3v) is 6.19. The molecule has 1 unspecified atom stereocenters. The standard InChI is InChI=1S/C17H15Br2Cl/c18-15-8-7-14(10-16(15)20)17(19)13-6-5-11-3-1-2-4-12(11)9-13/h5-10,17H,1-4H2. The molecule has 0 radical (unpaired) electrons. The average Bonchev–Trinajstić information content (AvgIpc) is 2.49. The highest BCUT2D eigenvalue weighted by molar-refractivity contribution is 9.10. The zero-order valence-electron chi connectivity index (χ0n) is 11.0. The van der Waals surface area contributed by atoms with Crippen LogP contribution in [0.5, 0.6) is 0 Å². The van der Waals surface area contributed by atoms with Crippen LogP contribution in [0.4, 0.5) is 0 Å². The van der Waals surface area contributed by atoms with Gasteiger partial charge < -0.3 is 0 Å². The van der Waals surface area contributed by atoms with Crippen molar-refractivity contribution >= 4 is 43.5 Å². The Labute approximate surface area is 141 Å². The summed E-state index contributed by atoms with van der Waals surface area (Å²) in [6.45, 7) is 0. The van der Waals surface area contributed by atoms with Gasteiger partial charge in [-0.25, -0.2) is 0 Å². The number of halogens is 3. The molecule has 0 saturated carbocycles. The molecule has 2 aromatic rings. The number of hydrogen-bond acceptors (Lipinski definition) is 0. The van der Waals surface area contributed by atoms with Crippen LogP contribution in [0.2, 0.25) is 5.02 Å². The zero-order chi connectivity index (χ0) is 14.1. The second kappa shape index (κ2) is 6.21. The number of aryl methyl sites for hydroxylation is 2. The molecule has 0 spiro atoms. The summed E-state index contributed by atoms with van der Waals surface area (Å²) in [5.41, 5.74) is 5.54. The first-order valence-electron chi connectivity index (χ1n) is 6.86. The molecule has 0 nitrogen and oxygen atoms in total. The van der Waals surface area contributed by atoms with E-state index in [0.29, 0.717) is 0 Å². The minimum atomic E-state index is 0.195. The van der Waals surface area contributed by atoms with E-state index in [9.17, 15) is 0 Å². The van der Waals surface area contributed by atoms with E-state index in [1.165, 1.54) is 47.9 Å². The summed E-state index contributed by atoms with van der Waals surface area (Å²) >= 11 is 13.4. The lowest BCUT2D eigenvalue weighted by Gasteiger charge is -2.19. The predicted molar refractivity (Wildman–Crippen MR) is 93.0 cm³/mol. The summed E-state index contributed by atoms with van der Waals surface area (Å²) in [6.07, 6.45) is 5.08. The maximum atomic E-state index is 6.19. The van der Waals surface area contributed by atoms with Crippen molar-refractivity contribution in [2.24, 2.45) is 0 Å². The van der Waals surface area contributed by atoms with Gasteiger partial charge in [0.1, 0.15) is 0 Å². The summed E-state index contributed by atoms with van der Waals surface area (Å²) in [5.74, 6) is 0. The molecule has 104 valence electrons. The van der Waals surface area contributed by atoms with Crippen LogP contribution in [-0.4, -0.2) is 0 Å². The molecule has 0 aromatic heterocycles. The van der Waals surface area contributed by atoms with Gasteiger partial charge >= 0.3 is 0 Å². The summed E-state index contributed by atoms with van der Waals surface area (Å²) in [4.78, 5) is 0.195. The fourth-order valence-electron chi connectivity index (χ4n) is 2.77. The molecule has 0 fully saturated rings. The lowest BCUT2D eigenvalue weighted by atomic mass is 9.89. The van der Waals surface area contributed by atoms with Crippen molar-refractivity contribution < 1.29 is 0 Å². The minimum absolute atomic E-state index is 0.195. The maximum absolute atomic E-state index is 6.19. The van der Waals surface area contributed by atoms with Crippen molar-refractivity contribution in [3.8, 4) is 0 Å². The lowest BCUT2D eigenvalue weighted by Crippen LogP contribution is -2.04. The third-order valence-electron chi connectivity index (χ3n) is 3.90. The normalized spacial score (nSPS) is 15.8. The molecule has 0 aliphatic heterocycles. The van der Waals surface area contributed by atoms with E-state index >= 15 is 0 Å². The largest absolute Gasteiger partial charge is 0.0831 e. The first-order chi connectivity index (χ1) is 9.65. The quantitative estimate of drug-likeness (QED) is 0.494. The molecule has 0 saturated heterocycles. The minimum Gasteiger partial charge on any atom is -0.0831 e. The van der Waals surface area contributed by atoms with Crippen LogP contribution < -0.4 is 0 Å². The molecule has 20 heavy (non-hydrogen) atoms. The van der Waals surface area contributed by atoms with Crippen LogP contribution in [0.25, 0.3) is 0 Å². The number of rotatable bonds is 2. The molecule has 3 rings (SSSR count). The molecule has 1 aliphatic rings. The highest BCUT2D eigenvalue weighted by Gasteiger charge is 2.15. The number of fused-ring (bicyclic) bond motifs is 1. The molecular formula is C17H15Br2Cl. The van der Waals surface area contributed by atoms with Gasteiger partial charge in [0.2, 0.25) is 0 Å². The highest BCUT2D eigenvalue weighted by Crippen LogP contribution is 2.36. The van der Waals surface area contributed by atoms with Gasteiger partial charge in [0.25, 0.3) is 0 Å². The smallest absolute Gasteiger partial charge is 0.0645 e. The highest BCUT2D eigenvalue weighted by atomic mass is 79.9. The Bertz CT molecular complexity index is 637. The number of hydrogen-bond donors (Lipinski definition) is 0. The van der Waals surface area contributed by atoms with Gasteiger partial charge in [-0.2, -0.15) is 0 Å². The molecule has 1 aliphatic carbocycles. The van der Waals surface area contributed by atoms with Gasteiger partial charge in [-0.05, 0) is 76.0 Å². The summed E-state index contributed by atoms with van der Waals surface area (Å²) in [5, 5.41) is 0.755. The number of alkyl halides is 1. The van der Waals surface area contributed by atoms with Crippen LogP contribution >= 0.6 is 43.5 Å². The fourth-order valence-corrected chi connectivity index (χ4v) is 3.78. The van der Waals surface area contributed by atoms with Gasteiger partial charge in [0.05, 0.1) is 9.85 Å². The summed E-state index contributed by atoms with van der Waals surface area (Å²) < 4.78 is 0.938. The third kappa shape index (κ3) is 2.98. The molecular weight excluding hydrogens is 399 g/mol. The van der Waals surface area contributed by atoms with Gasteiger partial charge in [-0.3, -0.25) is 0 Å². The Kier molecular flexibility index (Phi) is 4.54. The summed E-state index contributed by atoms with van der Waals surface area (Å²) in [6, 6.07) is 13.0. The van der Waals surface area contributed by atoms with Crippen molar-refractivity contribution in [2.45, 2.75) is 30.5 Å². The van der Waals surface area contributed by atoms with Crippen molar-refractivity contribution in [3.63, 3.8) is 0 Å². The van der Waals surface area contributed by atoms with Crippen molar-refractivity contribution in [1.82, 2.24) is 0 Å². The Morgan fingerprint density at radius 1 is 0.900 bits per heavy atom. The van der Waals surface area contributed by atoms with Gasteiger partial charge in [-0.15, -0.1) is 0 Å². The molecule has 3 heteroatoms. The van der Waals surface area contributed by atoms with E-state index in [4.69, 9.17) is 11.6 Å². The van der Waals surface area contributed by atoms with Crippen LogP contribution in [0.15, 0.2) is 40.9 Å². The van der Waals surface area contributed by atoms with E-state index in [1.54, 1.807) is 0 Å². The molecule has 0 bridgehead atoms. The van der Waals surface area contributed by atoms with Crippen molar-refractivity contribution in [1.29, 1.82) is 0 Å². The number of benzene rings is 2. The molecule has 0 N–H and O–H groups in total. The average molecular weight is 415 g/mol. The Morgan fingerprint density at radius 3 is 2.30 bits per heavy atom. The van der Waals surface area contributed by atoms with Crippen molar-refractivity contribution in [2.75, 3.05) is 0 Å². The predicted octanol–water partition coefficient (Wildman–Crippen LogP) is 6.47. The fraction of sp³-hybridized carbons (Fsp3) is 0.294. The Balaban J connectivity index is 1.93. The van der Waals surface area contributed by atoms with Crippen LogP contribution in [0.1, 0.15) is 39.9 Å². The first-order valence-corrected chi connectivity index (χ1v) is 8.94. The van der Waals surface area contributed by atoms with Crippen LogP contribution in [0.3, 0.4) is 0 Å². The Morgan fingerprint density at radius 2 is 1.55 bits per heavy atom. The van der Waals surface area contributed by atoms with Crippen LogP contribution in [-0.2, 0) is 12.8 Å². The van der Waals surface area contributed by atoms with Gasteiger partial charge in [-0.1, -0.05) is 51.8 Å². The summed E-state index contributed by atoms with van der Waals surface area (Å²) in [7, 11) is 0. The van der Waals surface area contributed by atoms with Gasteiger partial charge in [0, 0.05) is 4.47 Å². The maximum Gasteiger partial charge on any atom is 0.0645 e. The lowest BCUT2D eigenvalue weighted by molar-refractivity contribution is 0.684. The molecule has 0 heterocycles. The Hall–Kier alpha value is -0.310. The van der Waals surface area contributed by atoms with E-state index < -0.39 is 0 Å². The van der Waals surface area contributed by atoms with Gasteiger partial charge in [0.15, 0.2) is 0 Å². The van der Waals surface area contributed by atoms with E-state index in [-0.39, 0.29) is 4.83 Å². The second-order valence-electron chi connectivity index (χ2n) is 5.27. The van der Waals surface area contributed by atoms with Crippen LogP contribution in [0, 0.1) is 0 Å². The van der Waals surface area contributed by atoms with E-state index in [2.05, 4.69) is 56.1 Å². The van der Waals surface area contributed by atoms with Crippen molar-refractivity contribution in [3.05, 3.63) is 68.1 Å². The van der Waals surface area contributed by atoms with E-state index in [1.807, 2.05) is 12.1 Å².